The molecule has 142 valence electrons. The summed E-state index contributed by atoms with van der Waals surface area (Å²) < 4.78 is 35.8. The van der Waals surface area contributed by atoms with Crippen molar-refractivity contribution in [3.05, 3.63) is 24.3 Å². The van der Waals surface area contributed by atoms with E-state index in [2.05, 4.69) is 4.90 Å². The molecule has 0 radical (unpaired) electrons. The number of nitrogens with zero attached hydrogens (tertiary/aromatic N) is 2. The van der Waals surface area contributed by atoms with Crippen LogP contribution in [0.3, 0.4) is 0 Å². The van der Waals surface area contributed by atoms with Crippen LogP contribution in [0.2, 0.25) is 0 Å². The van der Waals surface area contributed by atoms with E-state index in [1.807, 2.05) is 24.3 Å². The fourth-order valence-corrected chi connectivity index (χ4v) is 3.77. The van der Waals surface area contributed by atoms with Crippen molar-refractivity contribution >= 4 is 10.0 Å². The summed E-state index contributed by atoms with van der Waals surface area (Å²) in [6.45, 7) is 3.60. The topological polar surface area (TPSA) is 59.1 Å². The first-order chi connectivity index (χ1) is 11.9. The maximum absolute atomic E-state index is 11.8. The Hall–Kier alpha value is -1.31. The molecule has 0 saturated carbocycles. The van der Waals surface area contributed by atoms with Gasteiger partial charge in [-0.2, -0.15) is 0 Å². The fraction of sp³-hybridized carbons (Fsp3) is 0.667. The van der Waals surface area contributed by atoms with Gasteiger partial charge in [0.25, 0.3) is 0 Å². The smallest absolute Gasteiger partial charge is 0.213 e. The first kappa shape index (κ1) is 20.0. The molecule has 0 unspecified atom stereocenters. The van der Waals surface area contributed by atoms with Gasteiger partial charge in [0, 0.05) is 14.1 Å². The predicted molar refractivity (Wildman–Crippen MR) is 99.7 cm³/mol. The minimum absolute atomic E-state index is 0.223. The first-order valence-corrected chi connectivity index (χ1v) is 10.4. The molecule has 2 rings (SSSR count). The largest absolute Gasteiger partial charge is 0.497 e. The summed E-state index contributed by atoms with van der Waals surface area (Å²) in [5.41, 5.74) is 0. The van der Waals surface area contributed by atoms with Crippen molar-refractivity contribution in [2.45, 2.75) is 19.3 Å². The normalized spacial score (nSPS) is 17.0. The third-order valence-corrected chi connectivity index (χ3v) is 6.60. The van der Waals surface area contributed by atoms with Crippen molar-refractivity contribution in [2.24, 2.45) is 5.92 Å². The Bertz CT molecular complexity index is 608. The Balaban J connectivity index is 1.64. The van der Waals surface area contributed by atoms with Crippen molar-refractivity contribution in [1.29, 1.82) is 0 Å². The quantitative estimate of drug-likeness (QED) is 0.666. The molecule has 1 aromatic rings. The van der Waals surface area contributed by atoms with E-state index >= 15 is 0 Å². The lowest BCUT2D eigenvalue weighted by Crippen LogP contribution is -2.37. The first-order valence-electron chi connectivity index (χ1n) is 8.80. The van der Waals surface area contributed by atoms with E-state index in [0.29, 0.717) is 12.3 Å². The number of ether oxygens (including phenoxy) is 2. The van der Waals surface area contributed by atoms with Gasteiger partial charge < -0.3 is 14.4 Å². The molecule has 0 aromatic heterocycles. The predicted octanol–water partition coefficient (Wildman–Crippen LogP) is 2.07. The molecule has 1 fully saturated rings. The van der Waals surface area contributed by atoms with Gasteiger partial charge >= 0.3 is 0 Å². The highest BCUT2D eigenvalue weighted by atomic mass is 32.2. The lowest BCUT2D eigenvalue weighted by atomic mass is 9.98. The van der Waals surface area contributed by atoms with Crippen LogP contribution in [0.5, 0.6) is 11.5 Å². The Morgan fingerprint density at radius 3 is 2.28 bits per heavy atom. The van der Waals surface area contributed by atoms with E-state index in [-0.39, 0.29) is 5.75 Å². The Kier molecular flexibility index (Phi) is 7.53. The number of methoxy groups -OCH3 is 1. The van der Waals surface area contributed by atoms with Crippen molar-refractivity contribution in [3.8, 4) is 11.5 Å². The van der Waals surface area contributed by atoms with Crippen LogP contribution in [0, 0.1) is 5.92 Å². The zero-order valence-electron chi connectivity index (χ0n) is 15.5. The lowest BCUT2D eigenvalue weighted by molar-refractivity contribution is 0.141. The highest BCUT2D eigenvalue weighted by Crippen LogP contribution is 2.21. The van der Waals surface area contributed by atoms with Crippen LogP contribution in [-0.4, -0.2) is 70.8 Å². The number of rotatable bonds is 9. The van der Waals surface area contributed by atoms with E-state index in [1.54, 1.807) is 21.2 Å². The molecule has 0 N–H and O–H groups in total. The molecular formula is C18H30N2O4S. The third-order valence-electron chi connectivity index (χ3n) is 4.69. The summed E-state index contributed by atoms with van der Waals surface area (Å²) in [7, 11) is 1.75. The highest BCUT2D eigenvalue weighted by Gasteiger charge is 2.20. The Morgan fingerprint density at radius 1 is 1.12 bits per heavy atom. The molecule has 0 spiro atoms. The van der Waals surface area contributed by atoms with Crippen molar-refractivity contribution in [3.63, 3.8) is 0 Å². The second kappa shape index (κ2) is 9.40. The van der Waals surface area contributed by atoms with Crippen molar-refractivity contribution in [2.75, 3.05) is 53.2 Å². The molecule has 1 aliphatic heterocycles. The van der Waals surface area contributed by atoms with Gasteiger partial charge in [0.2, 0.25) is 10.0 Å². The molecule has 0 bridgehead atoms. The number of piperidine rings is 1. The van der Waals surface area contributed by atoms with E-state index < -0.39 is 10.0 Å². The second-order valence-electron chi connectivity index (χ2n) is 6.72. The van der Waals surface area contributed by atoms with Gasteiger partial charge in [-0.1, -0.05) is 0 Å². The van der Waals surface area contributed by atoms with Crippen LogP contribution < -0.4 is 9.47 Å². The van der Waals surface area contributed by atoms with E-state index in [9.17, 15) is 8.42 Å². The molecule has 6 nitrogen and oxygen atoms in total. The Labute approximate surface area is 151 Å². The van der Waals surface area contributed by atoms with Gasteiger partial charge in [0.05, 0.1) is 19.5 Å². The summed E-state index contributed by atoms with van der Waals surface area (Å²) in [4.78, 5) is 2.36. The minimum Gasteiger partial charge on any atom is -0.497 e. The molecule has 7 heteroatoms. The van der Waals surface area contributed by atoms with Crippen LogP contribution in [-0.2, 0) is 10.0 Å². The zero-order chi connectivity index (χ0) is 18.3. The van der Waals surface area contributed by atoms with Gasteiger partial charge in [-0.25, -0.2) is 12.7 Å². The molecule has 1 heterocycles. The molecule has 25 heavy (non-hydrogen) atoms. The van der Waals surface area contributed by atoms with E-state index in [1.165, 1.54) is 4.31 Å². The summed E-state index contributed by atoms with van der Waals surface area (Å²) in [5, 5.41) is 0. The molecule has 1 aromatic carbocycles. The average molecular weight is 371 g/mol. The number of benzene rings is 1. The van der Waals surface area contributed by atoms with E-state index in [4.69, 9.17) is 9.47 Å². The molecular weight excluding hydrogens is 340 g/mol. The molecule has 0 aliphatic carbocycles. The van der Waals surface area contributed by atoms with Crippen LogP contribution in [0.25, 0.3) is 0 Å². The Morgan fingerprint density at radius 2 is 1.72 bits per heavy atom. The number of likely N-dealkylation sites (tertiary alicyclic amines) is 1. The van der Waals surface area contributed by atoms with Crippen molar-refractivity contribution in [1.82, 2.24) is 9.21 Å². The maximum atomic E-state index is 11.8. The SMILES string of the molecule is COc1ccc(OCC2CCN(CCCS(=O)(=O)N(C)C)CC2)cc1. The molecule has 0 amide bonds. The number of hydrogen-bond donors (Lipinski definition) is 0. The van der Waals surface area contributed by atoms with Gasteiger partial charge in [-0.05, 0) is 69.1 Å². The maximum Gasteiger partial charge on any atom is 0.213 e. The number of hydrogen-bond acceptors (Lipinski definition) is 5. The number of sulfonamides is 1. The van der Waals surface area contributed by atoms with Crippen LogP contribution in [0.1, 0.15) is 19.3 Å². The molecule has 1 aliphatic rings. The van der Waals surface area contributed by atoms with Crippen molar-refractivity contribution < 1.29 is 17.9 Å². The fourth-order valence-electron chi connectivity index (χ4n) is 2.92. The average Bonchev–Trinajstić information content (AvgIpc) is 2.61. The van der Waals surface area contributed by atoms with Gasteiger partial charge in [-0.3, -0.25) is 0 Å². The summed E-state index contributed by atoms with van der Waals surface area (Å²) >= 11 is 0. The van der Waals surface area contributed by atoms with E-state index in [0.717, 1.165) is 50.6 Å². The van der Waals surface area contributed by atoms with Gasteiger partial charge in [0.15, 0.2) is 0 Å². The summed E-state index contributed by atoms with van der Waals surface area (Å²) in [5.74, 6) is 2.48. The second-order valence-corrected chi connectivity index (χ2v) is 9.03. The highest BCUT2D eigenvalue weighted by molar-refractivity contribution is 7.89. The third kappa shape index (κ3) is 6.49. The summed E-state index contributed by atoms with van der Waals surface area (Å²) in [6, 6.07) is 7.66. The monoisotopic (exact) mass is 370 g/mol. The molecule has 1 saturated heterocycles. The van der Waals surface area contributed by atoms with Gasteiger partial charge in [-0.15, -0.1) is 0 Å². The van der Waals surface area contributed by atoms with Crippen LogP contribution >= 0.6 is 0 Å². The molecule has 0 atom stereocenters. The van der Waals surface area contributed by atoms with Crippen LogP contribution in [0.15, 0.2) is 24.3 Å². The van der Waals surface area contributed by atoms with Crippen LogP contribution in [0.4, 0.5) is 0 Å². The zero-order valence-corrected chi connectivity index (χ0v) is 16.3. The standard InChI is InChI=1S/C18H30N2O4S/c1-19(2)25(21,22)14-4-11-20-12-9-16(10-13-20)15-24-18-7-5-17(23-3)6-8-18/h5-8,16H,4,9-15H2,1-3H3. The summed E-state index contributed by atoms with van der Waals surface area (Å²) in [6.07, 6.45) is 2.88. The lowest BCUT2D eigenvalue weighted by Gasteiger charge is -2.31. The minimum atomic E-state index is -3.08. The van der Waals surface area contributed by atoms with Gasteiger partial charge in [0.1, 0.15) is 11.5 Å².